The normalized spacial score (nSPS) is 17.0. The lowest BCUT2D eigenvalue weighted by Gasteiger charge is -2.18. The van der Waals surface area contributed by atoms with Crippen LogP contribution < -0.4 is 0 Å². The van der Waals surface area contributed by atoms with E-state index >= 15 is 0 Å². The maximum Gasteiger partial charge on any atom is 0.198 e. The van der Waals surface area contributed by atoms with Crippen LogP contribution in [0.3, 0.4) is 0 Å². The molecule has 122 valence electrons. The highest BCUT2D eigenvalue weighted by Gasteiger charge is 2.33. The molecule has 2 unspecified atom stereocenters. The Balaban J connectivity index is 2.01. The van der Waals surface area contributed by atoms with Crippen LogP contribution in [-0.2, 0) is 15.5 Å². The summed E-state index contributed by atoms with van der Waals surface area (Å²) in [4.78, 5) is 12.9. The molecule has 1 heterocycles. The van der Waals surface area contributed by atoms with E-state index in [0.717, 1.165) is 12.8 Å². The van der Waals surface area contributed by atoms with Gasteiger partial charge in [-0.1, -0.05) is 33.2 Å². The van der Waals surface area contributed by atoms with E-state index in [4.69, 9.17) is 8.71 Å². The first-order chi connectivity index (χ1) is 11.0. The number of benzene rings is 1. The van der Waals surface area contributed by atoms with Gasteiger partial charge >= 0.3 is 0 Å². The predicted octanol–water partition coefficient (Wildman–Crippen LogP) is 3.42. The minimum absolute atomic E-state index is 0.245. The van der Waals surface area contributed by atoms with Crippen LogP contribution in [-0.4, -0.2) is 19.7 Å². The highest BCUT2D eigenvalue weighted by molar-refractivity contribution is 9.10. The van der Waals surface area contributed by atoms with Crippen LogP contribution in [0, 0.1) is 0 Å². The van der Waals surface area contributed by atoms with Gasteiger partial charge in [-0.3, -0.25) is 8.98 Å². The van der Waals surface area contributed by atoms with Crippen LogP contribution in [0.25, 0.3) is 0 Å². The highest BCUT2D eigenvalue weighted by atomic mass is 79.9. The van der Waals surface area contributed by atoms with Crippen molar-refractivity contribution in [2.45, 2.75) is 31.8 Å². The van der Waals surface area contributed by atoms with E-state index in [2.05, 4.69) is 21.1 Å². The van der Waals surface area contributed by atoms with Crippen molar-refractivity contribution in [3.8, 4) is 0 Å². The fraction of sp³-hybridized carbons (Fsp3) is 0.333. The first kappa shape index (κ1) is 16.5. The molecule has 1 aromatic heterocycles. The molecule has 23 heavy (non-hydrogen) atoms. The molecule has 0 aliphatic heterocycles. The van der Waals surface area contributed by atoms with Gasteiger partial charge in [0.2, 0.25) is 0 Å². The minimum Gasteiger partial charge on any atom is -0.750 e. The standard InChI is InChI=1S/C15H14BrNO5S/c1-8(22-23(19)20)13-10(3-2-4-12(13)16)14(18)11-7-17-21-15(11)9-5-6-9/h2-4,7-9H,5-6H2,1H3,(H,19,20)/p-1. The molecule has 1 aliphatic carbocycles. The SMILES string of the molecule is CC(OS(=O)[O-])c1c(Br)cccc1C(=O)c1cnoc1C1CC1. The average molecular weight is 399 g/mol. The molecular weight excluding hydrogens is 386 g/mol. The molecule has 8 heteroatoms. The van der Waals surface area contributed by atoms with E-state index in [0.29, 0.717) is 26.9 Å². The minimum atomic E-state index is -2.68. The first-order valence-corrected chi connectivity index (χ1v) is 8.82. The number of carbonyl (C=O) groups excluding carboxylic acids is 1. The maximum atomic E-state index is 12.9. The summed E-state index contributed by atoms with van der Waals surface area (Å²) in [6, 6.07) is 5.08. The lowest BCUT2D eigenvalue weighted by Crippen LogP contribution is -2.12. The number of aromatic nitrogens is 1. The summed E-state index contributed by atoms with van der Waals surface area (Å²) in [5.74, 6) is 0.591. The smallest absolute Gasteiger partial charge is 0.198 e. The van der Waals surface area contributed by atoms with Gasteiger partial charge in [-0.05, 0) is 25.8 Å². The second-order valence-corrected chi connectivity index (χ2v) is 6.81. The molecule has 3 rings (SSSR count). The Labute approximate surface area is 143 Å². The number of hydrogen-bond acceptors (Lipinski definition) is 6. The summed E-state index contributed by atoms with van der Waals surface area (Å²) in [6.45, 7) is 1.57. The van der Waals surface area contributed by atoms with E-state index in [-0.39, 0.29) is 11.7 Å². The zero-order valence-corrected chi connectivity index (χ0v) is 14.6. The van der Waals surface area contributed by atoms with Crippen LogP contribution in [0.4, 0.5) is 0 Å². The molecule has 2 aromatic rings. The van der Waals surface area contributed by atoms with Crippen molar-refractivity contribution < 1.29 is 22.3 Å². The quantitative estimate of drug-likeness (QED) is 0.546. The van der Waals surface area contributed by atoms with Crippen LogP contribution in [0.15, 0.2) is 33.4 Å². The van der Waals surface area contributed by atoms with Crippen molar-refractivity contribution in [1.82, 2.24) is 5.16 Å². The summed E-state index contributed by atoms with van der Waals surface area (Å²) in [5.41, 5.74) is 1.26. The van der Waals surface area contributed by atoms with E-state index in [1.165, 1.54) is 6.20 Å². The Morgan fingerprint density at radius 1 is 1.48 bits per heavy atom. The molecule has 0 saturated heterocycles. The third-order valence-corrected chi connectivity index (χ3v) is 4.86. The van der Waals surface area contributed by atoms with Gasteiger partial charge in [0.05, 0.1) is 29.2 Å². The molecule has 1 saturated carbocycles. The molecule has 1 fully saturated rings. The van der Waals surface area contributed by atoms with E-state index in [1.807, 2.05) is 0 Å². The van der Waals surface area contributed by atoms with Gasteiger partial charge in [-0.15, -0.1) is 0 Å². The van der Waals surface area contributed by atoms with Gasteiger partial charge in [0.25, 0.3) is 0 Å². The second kappa shape index (κ2) is 6.64. The lowest BCUT2D eigenvalue weighted by atomic mass is 9.95. The van der Waals surface area contributed by atoms with E-state index in [1.54, 1.807) is 25.1 Å². The van der Waals surface area contributed by atoms with Crippen LogP contribution in [0.2, 0.25) is 0 Å². The Bertz CT molecular complexity index is 771. The maximum absolute atomic E-state index is 12.9. The number of carbonyl (C=O) groups is 1. The zero-order valence-electron chi connectivity index (χ0n) is 12.2. The molecule has 0 spiro atoms. The average Bonchev–Trinajstić information content (AvgIpc) is 3.22. The second-order valence-electron chi connectivity index (χ2n) is 5.35. The molecule has 0 radical (unpaired) electrons. The van der Waals surface area contributed by atoms with Crippen LogP contribution >= 0.6 is 15.9 Å². The van der Waals surface area contributed by atoms with Gasteiger partial charge in [0, 0.05) is 21.5 Å². The fourth-order valence-electron chi connectivity index (χ4n) is 2.52. The van der Waals surface area contributed by atoms with Crippen molar-refractivity contribution in [3.05, 3.63) is 51.3 Å². The highest BCUT2D eigenvalue weighted by Crippen LogP contribution is 2.42. The van der Waals surface area contributed by atoms with Crippen LogP contribution in [0.1, 0.15) is 59.0 Å². The van der Waals surface area contributed by atoms with Crippen LogP contribution in [0.5, 0.6) is 0 Å². The largest absolute Gasteiger partial charge is 0.750 e. The molecule has 6 nitrogen and oxygen atoms in total. The molecule has 1 aromatic carbocycles. The Morgan fingerprint density at radius 3 is 2.87 bits per heavy atom. The summed E-state index contributed by atoms with van der Waals surface area (Å²) < 4.78 is 32.2. The number of halogens is 1. The van der Waals surface area contributed by atoms with Gasteiger partial charge < -0.3 is 9.08 Å². The third-order valence-electron chi connectivity index (χ3n) is 3.72. The molecule has 0 bridgehead atoms. The monoisotopic (exact) mass is 398 g/mol. The molecular formula is C15H13BrNO5S-. The summed E-state index contributed by atoms with van der Waals surface area (Å²) in [6.07, 6.45) is 2.58. The number of rotatable bonds is 6. The Hall–Kier alpha value is -1.35. The fourth-order valence-corrected chi connectivity index (χ4v) is 3.54. The topological polar surface area (TPSA) is 92.5 Å². The third kappa shape index (κ3) is 3.45. The summed E-state index contributed by atoms with van der Waals surface area (Å²) in [5, 5.41) is 3.74. The van der Waals surface area contributed by atoms with Gasteiger partial charge in [0.1, 0.15) is 0 Å². The predicted molar refractivity (Wildman–Crippen MR) is 84.5 cm³/mol. The summed E-state index contributed by atoms with van der Waals surface area (Å²) >= 11 is 0.679. The van der Waals surface area contributed by atoms with Crippen molar-refractivity contribution in [2.75, 3.05) is 0 Å². The number of hydrogen-bond donors (Lipinski definition) is 0. The van der Waals surface area contributed by atoms with Gasteiger partial charge in [0.15, 0.2) is 11.5 Å². The lowest BCUT2D eigenvalue weighted by molar-refractivity contribution is 0.103. The number of nitrogens with zero attached hydrogens (tertiary/aromatic N) is 1. The zero-order chi connectivity index (χ0) is 16.6. The Kier molecular flexibility index (Phi) is 4.77. The molecule has 0 N–H and O–H groups in total. The van der Waals surface area contributed by atoms with Crippen molar-refractivity contribution in [1.29, 1.82) is 0 Å². The first-order valence-electron chi connectivity index (χ1n) is 7.03. The van der Waals surface area contributed by atoms with Gasteiger partial charge in [-0.25, -0.2) is 4.21 Å². The summed E-state index contributed by atoms with van der Waals surface area (Å²) in [7, 11) is 0. The molecule has 0 amide bonds. The molecule has 2 atom stereocenters. The van der Waals surface area contributed by atoms with E-state index < -0.39 is 17.5 Å². The molecule has 1 aliphatic rings. The Morgan fingerprint density at radius 2 is 2.22 bits per heavy atom. The van der Waals surface area contributed by atoms with E-state index in [9.17, 15) is 13.6 Å². The number of ketones is 1. The van der Waals surface area contributed by atoms with Gasteiger partial charge in [-0.2, -0.15) is 0 Å². The van der Waals surface area contributed by atoms with Crippen molar-refractivity contribution in [3.63, 3.8) is 0 Å². The van der Waals surface area contributed by atoms with Crippen molar-refractivity contribution >= 4 is 33.1 Å². The van der Waals surface area contributed by atoms with Crippen molar-refractivity contribution in [2.24, 2.45) is 0 Å².